The first-order valence-corrected chi connectivity index (χ1v) is 9.81. The van der Waals surface area contributed by atoms with Gasteiger partial charge in [-0.05, 0) is 36.5 Å². The van der Waals surface area contributed by atoms with Gasteiger partial charge in [-0.1, -0.05) is 60.7 Å². The minimum atomic E-state index is -0.229. The molecular weight excluding hydrogens is 362 g/mol. The van der Waals surface area contributed by atoms with Crippen molar-refractivity contribution >= 4 is 11.8 Å². The van der Waals surface area contributed by atoms with E-state index in [4.69, 9.17) is 0 Å². The molecule has 5 nitrogen and oxygen atoms in total. The lowest BCUT2D eigenvalue weighted by atomic mass is 10.1. The third-order valence-corrected chi connectivity index (χ3v) is 4.58. The number of amides is 2. The lowest BCUT2D eigenvalue weighted by Crippen LogP contribution is -2.28. The minimum absolute atomic E-state index is 0.218. The fraction of sp³-hybridized carbons (Fsp3) is 0.208. The Morgan fingerprint density at radius 3 is 1.79 bits per heavy atom. The van der Waals surface area contributed by atoms with E-state index in [-0.39, 0.29) is 11.8 Å². The van der Waals surface area contributed by atoms with Crippen molar-refractivity contribution in [3.63, 3.8) is 0 Å². The van der Waals surface area contributed by atoms with Crippen molar-refractivity contribution in [3.05, 3.63) is 101 Å². The number of hydrogen-bond acceptors (Lipinski definition) is 3. The summed E-state index contributed by atoms with van der Waals surface area (Å²) in [6, 6.07) is 21.7. The van der Waals surface area contributed by atoms with Crippen LogP contribution in [0.4, 0.5) is 0 Å². The van der Waals surface area contributed by atoms with Gasteiger partial charge in [0, 0.05) is 25.5 Å². The summed E-state index contributed by atoms with van der Waals surface area (Å²) in [6.07, 6.45) is 5.46. The second-order valence-corrected chi connectivity index (χ2v) is 6.80. The highest BCUT2D eigenvalue weighted by atomic mass is 16.2. The number of pyridine rings is 1. The summed E-state index contributed by atoms with van der Waals surface area (Å²) in [4.78, 5) is 28.7. The summed E-state index contributed by atoms with van der Waals surface area (Å²) in [6.45, 7) is 1.10. The van der Waals surface area contributed by atoms with Gasteiger partial charge in [0.25, 0.3) is 11.8 Å². The molecule has 2 N–H and O–H groups in total. The summed E-state index contributed by atoms with van der Waals surface area (Å²) < 4.78 is 0. The maximum atomic E-state index is 12.3. The normalized spacial score (nSPS) is 10.3. The van der Waals surface area contributed by atoms with Gasteiger partial charge in [0.1, 0.15) is 0 Å². The lowest BCUT2D eigenvalue weighted by Gasteiger charge is -2.08. The molecular formula is C24H25N3O2. The molecule has 0 aliphatic heterocycles. The first kappa shape index (κ1) is 20.3. The predicted octanol–water partition coefficient (Wildman–Crippen LogP) is 3.42. The molecule has 2 aromatic carbocycles. The van der Waals surface area contributed by atoms with Crippen LogP contribution in [0, 0.1) is 0 Å². The molecule has 0 unspecified atom stereocenters. The van der Waals surface area contributed by atoms with Crippen LogP contribution < -0.4 is 10.6 Å². The maximum Gasteiger partial charge on any atom is 0.252 e. The second kappa shape index (κ2) is 10.8. The average molecular weight is 387 g/mol. The highest BCUT2D eigenvalue weighted by Gasteiger charge is 2.11. The van der Waals surface area contributed by atoms with Gasteiger partial charge < -0.3 is 10.6 Å². The molecule has 0 bridgehead atoms. The van der Waals surface area contributed by atoms with Crippen LogP contribution >= 0.6 is 0 Å². The summed E-state index contributed by atoms with van der Waals surface area (Å²) in [5, 5.41) is 5.76. The largest absolute Gasteiger partial charge is 0.352 e. The molecule has 0 saturated heterocycles. The van der Waals surface area contributed by atoms with Crippen molar-refractivity contribution < 1.29 is 9.59 Å². The van der Waals surface area contributed by atoms with Crippen molar-refractivity contribution in [2.45, 2.75) is 19.3 Å². The molecule has 0 saturated carbocycles. The van der Waals surface area contributed by atoms with Gasteiger partial charge in [-0.25, -0.2) is 0 Å². The third-order valence-electron chi connectivity index (χ3n) is 4.58. The maximum absolute atomic E-state index is 12.3. The van der Waals surface area contributed by atoms with Gasteiger partial charge in [-0.3, -0.25) is 14.6 Å². The average Bonchev–Trinajstić information content (AvgIpc) is 2.78. The standard InChI is InChI=1S/C24H25N3O2/c28-23(26-14-7-12-19-8-3-1-4-9-19)21-16-22(18-25-17-21)24(29)27-15-13-20-10-5-2-6-11-20/h1-6,8-11,16-18H,7,12-15H2,(H,26,28)(H,27,29). The monoisotopic (exact) mass is 387 g/mol. The van der Waals surface area contributed by atoms with Gasteiger partial charge in [-0.2, -0.15) is 0 Å². The van der Waals surface area contributed by atoms with Crippen LogP contribution in [-0.4, -0.2) is 29.9 Å². The van der Waals surface area contributed by atoms with E-state index in [2.05, 4.69) is 27.8 Å². The van der Waals surface area contributed by atoms with E-state index in [0.717, 1.165) is 24.8 Å². The number of benzene rings is 2. The summed E-state index contributed by atoms with van der Waals surface area (Å²) >= 11 is 0. The molecule has 3 aromatic rings. The zero-order chi connectivity index (χ0) is 20.3. The number of carbonyl (C=O) groups excluding carboxylic acids is 2. The topological polar surface area (TPSA) is 71.1 Å². The Kier molecular flexibility index (Phi) is 7.52. The number of rotatable bonds is 9. The Labute approximate surface area is 171 Å². The van der Waals surface area contributed by atoms with Crippen LogP contribution in [0.1, 0.15) is 38.3 Å². The van der Waals surface area contributed by atoms with E-state index >= 15 is 0 Å². The molecule has 0 fully saturated rings. The van der Waals surface area contributed by atoms with E-state index < -0.39 is 0 Å². The fourth-order valence-electron chi connectivity index (χ4n) is 3.00. The van der Waals surface area contributed by atoms with Gasteiger partial charge in [0.15, 0.2) is 0 Å². The number of nitrogens with zero attached hydrogens (tertiary/aromatic N) is 1. The Balaban J connectivity index is 1.45. The number of nitrogens with one attached hydrogen (secondary N) is 2. The molecule has 0 atom stereocenters. The predicted molar refractivity (Wildman–Crippen MR) is 114 cm³/mol. The molecule has 2 amide bonds. The van der Waals surface area contributed by atoms with Crippen molar-refractivity contribution in [1.82, 2.24) is 15.6 Å². The van der Waals surface area contributed by atoms with Gasteiger partial charge >= 0.3 is 0 Å². The summed E-state index contributed by atoms with van der Waals surface area (Å²) in [5.74, 6) is -0.448. The third kappa shape index (κ3) is 6.57. The van der Waals surface area contributed by atoms with E-state index in [0.29, 0.717) is 24.2 Å². The quantitative estimate of drug-likeness (QED) is 0.553. The smallest absolute Gasteiger partial charge is 0.252 e. The molecule has 0 spiro atoms. The first-order chi connectivity index (χ1) is 14.2. The minimum Gasteiger partial charge on any atom is -0.352 e. The van der Waals surface area contributed by atoms with E-state index in [1.807, 2.05) is 48.5 Å². The van der Waals surface area contributed by atoms with Crippen LogP contribution in [0.5, 0.6) is 0 Å². The zero-order valence-corrected chi connectivity index (χ0v) is 16.3. The molecule has 0 radical (unpaired) electrons. The van der Waals surface area contributed by atoms with Crippen molar-refractivity contribution in [1.29, 1.82) is 0 Å². The van der Waals surface area contributed by atoms with Crippen molar-refractivity contribution in [3.8, 4) is 0 Å². The highest BCUT2D eigenvalue weighted by Crippen LogP contribution is 2.05. The molecule has 3 rings (SSSR count). The second-order valence-electron chi connectivity index (χ2n) is 6.80. The van der Waals surface area contributed by atoms with E-state index in [9.17, 15) is 9.59 Å². The Bertz CT molecular complexity index is 927. The number of hydrogen-bond donors (Lipinski definition) is 2. The highest BCUT2D eigenvalue weighted by molar-refractivity contribution is 5.99. The Morgan fingerprint density at radius 1 is 0.690 bits per heavy atom. The van der Waals surface area contributed by atoms with Crippen LogP contribution in [0.25, 0.3) is 0 Å². The molecule has 0 aliphatic carbocycles. The summed E-state index contributed by atoms with van der Waals surface area (Å²) in [7, 11) is 0. The Morgan fingerprint density at radius 2 is 1.21 bits per heavy atom. The van der Waals surface area contributed by atoms with Crippen LogP contribution in [0.2, 0.25) is 0 Å². The first-order valence-electron chi connectivity index (χ1n) is 9.81. The number of aromatic nitrogens is 1. The fourth-order valence-corrected chi connectivity index (χ4v) is 3.00. The molecule has 29 heavy (non-hydrogen) atoms. The zero-order valence-electron chi connectivity index (χ0n) is 16.3. The van der Waals surface area contributed by atoms with Crippen LogP contribution in [-0.2, 0) is 12.8 Å². The van der Waals surface area contributed by atoms with Crippen LogP contribution in [0.15, 0.2) is 79.1 Å². The summed E-state index contributed by atoms with van der Waals surface area (Å²) in [5.41, 5.74) is 3.18. The Hall–Kier alpha value is -3.47. The molecule has 148 valence electrons. The van der Waals surface area contributed by atoms with Gasteiger partial charge in [0.2, 0.25) is 0 Å². The number of carbonyl (C=O) groups is 2. The molecule has 0 aliphatic rings. The van der Waals surface area contributed by atoms with Gasteiger partial charge in [-0.15, -0.1) is 0 Å². The number of aryl methyl sites for hydroxylation is 1. The lowest BCUT2D eigenvalue weighted by molar-refractivity contribution is 0.0952. The van der Waals surface area contributed by atoms with Crippen molar-refractivity contribution in [2.24, 2.45) is 0 Å². The van der Waals surface area contributed by atoms with E-state index in [1.165, 1.54) is 18.0 Å². The SMILES string of the molecule is O=C(NCCCc1ccccc1)c1cncc(C(=O)NCCc2ccccc2)c1. The van der Waals surface area contributed by atoms with Gasteiger partial charge in [0.05, 0.1) is 11.1 Å². The van der Waals surface area contributed by atoms with Crippen LogP contribution in [0.3, 0.4) is 0 Å². The van der Waals surface area contributed by atoms with Crippen molar-refractivity contribution in [2.75, 3.05) is 13.1 Å². The molecule has 5 heteroatoms. The molecule has 1 heterocycles. The molecule has 1 aromatic heterocycles. The van der Waals surface area contributed by atoms with E-state index in [1.54, 1.807) is 6.07 Å².